The van der Waals surface area contributed by atoms with Crippen molar-refractivity contribution in [3.8, 4) is 5.75 Å². The van der Waals surface area contributed by atoms with Crippen molar-refractivity contribution in [1.82, 2.24) is 14.7 Å². The van der Waals surface area contributed by atoms with E-state index in [1.807, 2.05) is 0 Å². The third kappa shape index (κ3) is 7.24. The zero-order chi connectivity index (χ0) is 27.4. The minimum atomic E-state index is -4.61. The van der Waals surface area contributed by atoms with E-state index in [4.69, 9.17) is 9.47 Å². The van der Waals surface area contributed by atoms with Gasteiger partial charge < -0.3 is 14.4 Å². The number of hydrogen-bond acceptors (Lipinski definition) is 5. The van der Waals surface area contributed by atoms with Crippen LogP contribution < -0.4 is 4.74 Å². The van der Waals surface area contributed by atoms with Gasteiger partial charge in [0.05, 0.1) is 24.9 Å². The second-order valence-electron chi connectivity index (χ2n) is 10.2. The Morgan fingerprint density at radius 1 is 0.974 bits per heavy atom. The summed E-state index contributed by atoms with van der Waals surface area (Å²) < 4.78 is 64.9. The van der Waals surface area contributed by atoms with Crippen LogP contribution in [0.15, 0.2) is 42.5 Å². The van der Waals surface area contributed by atoms with E-state index < -0.39 is 17.6 Å². The Balaban J connectivity index is 1.52. The molecule has 2 aromatic rings. The number of hydrogen-bond donors (Lipinski definition) is 0. The van der Waals surface area contributed by atoms with Crippen molar-refractivity contribution < 1.29 is 31.8 Å². The molecule has 2 heterocycles. The van der Waals surface area contributed by atoms with Gasteiger partial charge in [0.2, 0.25) is 0 Å². The molecule has 0 saturated carbocycles. The first-order valence-corrected chi connectivity index (χ1v) is 12.9. The van der Waals surface area contributed by atoms with Crippen LogP contribution in [-0.2, 0) is 17.3 Å². The number of carbonyl (C=O) groups is 1. The quantitative estimate of drug-likeness (QED) is 0.492. The lowest BCUT2D eigenvalue weighted by Gasteiger charge is -2.43. The van der Waals surface area contributed by atoms with Gasteiger partial charge in [-0.1, -0.05) is 12.1 Å². The van der Waals surface area contributed by atoms with Gasteiger partial charge in [-0.05, 0) is 56.2 Å². The van der Waals surface area contributed by atoms with Crippen molar-refractivity contribution in [2.45, 2.75) is 44.7 Å². The van der Waals surface area contributed by atoms with E-state index in [9.17, 15) is 22.4 Å². The first-order chi connectivity index (χ1) is 18.0. The van der Waals surface area contributed by atoms with E-state index in [2.05, 4.69) is 23.6 Å². The van der Waals surface area contributed by atoms with Crippen molar-refractivity contribution in [2.75, 3.05) is 52.9 Å². The molecule has 0 bridgehead atoms. The molecule has 10 heteroatoms. The zero-order valence-electron chi connectivity index (χ0n) is 22.0. The fourth-order valence-corrected chi connectivity index (χ4v) is 5.38. The summed E-state index contributed by atoms with van der Waals surface area (Å²) in [6.07, 6.45) is -3.80. The molecule has 4 rings (SSSR count). The topological polar surface area (TPSA) is 45.2 Å². The molecular weight excluding hydrogens is 502 g/mol. The Kier molecular flexibility index (Phi) is 8.95. The van der Waals surface area contributed by atoms with Crippen molar-refractivity contribution in [3.63, 3.8) is 0 Å². The Hall–Kier alpha value is -2.69. The summed E-state index contributed by atoms with van der Waals surface area (Å²) in [5.74, 6) is -0.847. The molecule has 2 fully saturated rings. The zero-order valence-corrected chi connectivity index (χ0v) is 22.0. The second-order valence-corrected chi connectivity index (χ2v) is 10.2. The predicted molar refractivity (Wildman–Crippen MR) is 136 cm³/mol. The highest BCUT2D eigenvalue weighted by Crippen LogP contribution is 2.33. The number of methoxy groups -OCH3 is 1. The van der Waals surface area contributed by atoms with Gasteiger partial charge in [0.25, 0.3) is 5.91 Å². The maximum absolute atomic E-state index is 13.6. The molecule has 1 amide bonds. The van der Waals surface area contributed by atoms with Gasteiger partial charge in [-0.3, -0.25) is 14.6 Å². The number of amides is 1. The molecule has 208 valence electrons. The molecule has 2 aliphatic heterocycles. The largest absolute Gasteiger partial charge is 0.497 e. The average molecular weight is 538 g/mol. The molecular formula is C28H35F4N3O3. The SMILES string of the molecule is COc1cc(C(=O)N2CCN(CCN3CC(C)OC(C)C3)C[C@H]2Cc2ccc(F)cc2)cc(C(F)(F)F)c1. The van der Waals surface area contributed by atoms with Crippen molar-refractivity contribution in [3.05, 3.63) is 65.0 Å². The maximum atomic E-state index is 13.6. The van der Waals surface area contributed by atoms with Crippen LogP contribution in [0.4, 0.5) is 17.6 Å². The summed E-state index contributed by atoms with van der Waals surface area (Å²) in [5, 5.41) is 0. The number of rotatable bonds is 7. The van der Waals surface area contributed by atoms with E-state index in [1.54, 1.807) is 17.0 Å². The van der Waals surface area contributed by atoms with Crippen molar-refractivity contribution in [1.29, 1.82) is 0 Å². The number of morpholine rings is 1. The number of carbonyl (C=O) groups excluding carboxylic acids is 1. The molecule has 38 heavy (non-hydrogen) atoms. The number of alkyl halides is 3. The van der Waals surface area contributed by atoms with Crippen molar-refractivity contribution >= 4 is 5.91 Å². The Morgan fingerprint density at radius 3 is 2.26 bits per heavy atom. The number of piperazine rings is 1. The molecule has 0 spiro atoms. The first kappa shape index (κ1) is 28.3. The molecule has 0 aliphatic carbocycles. The van der Waals surface area contributed by atoms with E-state index in [-0.39, 0.29) is 35.4 Å². The highest BCUT2D eigenvalue weighted by atomic mass is 19.4. The predicted octanol–water partition coefficient (Wildman–Crippen LogP) is 4.33. The fraction of sp³-hybridized carbons (Fsp3) is 0.536. The number of ether oxygens (including phenoxy) is 2. The molecule has 0 radical (unpaired) electrons. The smallest absolute Gasteiger partial charge is 0.416 e. The van der Waals surface area contributed by atoms with Gasteiger partial charge in [-0.2, -0.15) is 13.2 Å². The van der Waals surface area contributed by atoms with Crippen LogP contribution in [0.3, 0.4) is 0 Å². The summed E-state index contributed by atoms with van der Waals surface area (Å²) >= 11 is 0. The third-order valence-electron chi connectivity index (χ3n) is 7.16. The van der Waals surface area contributed by atoms with Gasteiger partial charge in [0, 0.05) is 57.4 Å². The molecule has 2 unspecified atom stereocenters. The Morgan fingerprint density at radius 2 is 1.63 bits per heavy atom. The van der Waals surface area contributed by atoms with Crippen LogP contribution in [0.5, 0.6) is 5.75 Å². The van der Waals surface area contributed by atoms with Gasteiger partial charge in [-0.25, -0.2) is 4.39 Å². The highest BCUT2D eigenvalue weighted by molar-refractivity contribution is 5.95. The third-order valence-corrected chi connectivity index (χ3v) is 7.16. The monoisotopic (exact) mass is 537 g/mol. The van der Waals surface area contributed by atoms with E-state index in [0.29, 0.717) is 26.1 Å². The minimum absolute atomic E-state index is 0.0223. The van der Waals surface area contributed by atoms with Crippen LogP contribution >= 0.6 is 0 Å². The molecule has 0 N–H and O–H groups in total. The molecule has 2 aliphatic rings. The summed E-state index contributed by atoms with van der Waals surface area (Å²) in [7, 11) is 1.27. The lowest BCUT2D eigenvalue weighted by Crippen LogP contribution is -2.57. The lowest BCUT2D eigenvalue weighted by molar-refractivity contribution is -0.137. The molecule has 0 aromatic heterocycles. The standard InChI is InChI=1S/C28H35F4N3O3/c1-19-16-34(17-20(2)38-19)9-8-33-10-11-35(25(18-33)12-21-4-6-24(29)7-5-21)27(36)22-13-23(28(30,31)32)15-26(14-22)37-3/h4-7,13-15,19-20,25H,8-12,16-18H2,1-3H3/t19?,20?,25-/m1/s1. The van der Waals surface area contributed by atoms with Gasteiger partial charge in [0.1, 0.15) is 11.6 Å². The van der Waals surface area contributed by atoms with Crippen LogP contribution in [-0.4, -0.2) is 91.8 Å². The van der Waals surface area contributed by atoms with Gasteiger partial charge in [-0.15, -0.1) is 0 Å². The number of nitrogens with zero attached hydrogens (tertiary/aromatic N) is 3. The van der Waals surface area contributed by atoms with Crippen LogP contribution in [0.2, 0.25) is 0 Å². The first-order valence-electron chi connectivity index (χ1n) is 12.9. The lowest BCUT2D eigenvalue weighted by atomic mass is 10.00. The molecule has 6 nitrogen and oxygen atoms in total. The summed E-state index contributed by atoms with van der Waals surface area (Å²) in [6, 6.07) is 8.94. The van der Waals surface area contributed by atoms with E-state index in [1.165, 1.54) is 25.3 Å². The van der Waals surface area contributed by atoms with E-state index >= 15 is 0 Å². The fourth-order valence-electron chi connectivity index (χ4n) is 5.38. The normalized spacial score (nSPS) is 23.4. The average Bonchev–Trinajstić information content (AvgIpc) is 2.87. The second kappa shape index (κ2) is 12.0. The number of halogens is 4. The summed E-state index contributed by atoms with van der Waals surface area (Å²) in [5.41, 5.74) is -0.137. The maximum Gasteiger partial charge on any atom is 0.416 e. The van der Waals surface area contributed by atoms with E-state index in [0.717, 1.165) is 43.9 Å². The van der Waals surface area contributed by atoms with Crippen LogP contribution in [0.25, 0.3) is 0 Å². The Bertz CT molecular complexity index is 1090. The summed E-state index contributed by atoms with van der Waals surface area (Å²) in [4.78, 5) is 19.9. The Labute approximate surface area is 221 Å². The molecule has 3 atom stereocenters. The van der Waals surface area contributed by atoms with Gasteiger partial charge in [0.15, 0.2) is 0 Å². The van der Waals surface area contributed by atoms with Crippen LogP contribution in [0, 0.1) is 5.82 Å². The summed E-state index contributed by atoms with van der Waals surface area (Å²) in [6.45, 7) is 9.06. The highest BCUT2D eigenvalue weighted by Gasteiger charge is 2.35. The number of benzene rings is 2. The van der Waals surface area contributed by atoms with Crippen LogP contribution in [0.1, 0.15) is 35.3 Å². The molecule has 2 aromatic carbocycles. The molecule has 2 saturated heterocycles. The van der Waals surface area contributed by atoms with Crippen molar-refractivity contribution in [2.24, 2.45) is 0 Å². The minimum Gasteiger partial charge on any atom is -0.497 e. The van der Waals surface area contributed by atoms with Gasteiger partial charge >= 0.3 is 6.18 Å².